The lowest BCUT2D eigenvalue weighted by Crippen LogP contribution is -2.31. The van der Waals surface area contributed by atoms with Gasteiger partial charge < -0.3 is 0 Å². The molecule has 7 heteroatoms. The van der Waals surface area contributed by atoms with Gasteiger partial charge in [-0.2, -0.15) is 5.10 Å². The van der Waals surface area contributed by atoms with Crippen molar-refractivity contribution in [2.24, 2.45) is 0 Å². The summed E-state index contributed by atoms with van der Waals surface area (Å²) in [6.45, 7) is 0.265. The van der Waals surface area contributed by atoms with Crippen LogP contribution in [0.5, 0.6) is 0 Å². The Morgan fingerprint density at radius 1 is 1.15 bits per heavy atom. The van der Waals surface area contributed by atoms with Gasteiger partial charge in [0, 0.05) is 23.8 Å². The summed E-state index contributed by atoms with van der Waals surface area (Å²) in [6.07, 6.45) is 7.89. The molecule has 0 spiro atoms. The van der Waals surface area contributed by atoms with Gasteiger partial charge in [0.15, 0.2) is 0 Å². The molecule has 1 unspecified atom stereocenters. The van der Waals surface area contributed by atoms with Crippen LogP contribution in [0.2, 0.25) is 0 Å². The Morgan fingerprint density at radius 2 is 2.00 bits per heavy atom. The Kier molecular flexibility index (Phi) is 4.93. The van der Waals surface area contributed by atoms with Crippen LogP contribution in [-0.4, -0.2) is 24.7 Å². The summed E-state index contributed by atoms with van der Waals surface area (Å²) in [6, 6.07) is 11.2. The molecule has 2 heterocycles. The molecule has 0 saturated heterocycles. The predicted molar refractivity (Wildman–Crippen MR) is 103 cm³/mol. The van der Waals surface area contributed by atoms with Gasteiger partial charge in [-0.05, 0) is 66.5 Å². The van der Waals surface area contributed by atoms with Gasteiger partial charge in [0.1, 0.15) is 0 Å². The number of sulfonamides is 1. The first kappa shape index (κ1) is 17.5. The minimum atomic E-state index is -3.56. The van der Waals surface area contributed by atoms with Crippen molar-refractivity contribution >= 4 is 21.4 Å². The van der Waals surface area contributed by atoms with E-state index in [-0.39, 0.29) is 12.6 Å². The molecule has 4 rings (SSSR count). The Bertz CT molecular complexity index is 930. The van der Waals surface area contributed by atoms with Crippen LogP contribution in [0.25, 0.3) is 0 Å². The molecule has 1 N–H and O–H groups in total. The largest absolute Gasteiger partial charge is 0.263 e. The third-order valence-corrected chi connectivity index (χ3v) is 7.21. The van der Waals surface area contributed by atoms with Gasteiger partial charge in [-0.25, -0.2) is 13.1 Å². The third kappa shape index (κ3) is 3.60. The molecule has 0 aliphatic heterocycles. The summed E-state index contributed by atoms with van der Waals surface area (Å²) in [5, 5.41) is 6.28. The number of nitrogens with one attached hydrogen (secondary N) is 1. The normalized spacial score (nSPS) is 15.5. The number of rotatable bonds is 6. The highest BCUT2D eigenvalue weighted by atomic mass is 32.2. The minimum Gasteiger partial charge on any atom is -0.263 e. The van der Waals surface area contributed by atoms with E-state index in [2.05, 4.69) is 9.82 Å². The second-order valence-electron chi connectivity index (χ2n) is 6.51. The zero-order valence-electron chi connectivity index (χ0n) is 14.3. The van der Waals surface area contributed by atoms with Crippen molar-refractivity contribution in [3.63, 3.8) is 0 Å². The number of hydrogen-bond acceptors (Lipinski definition) is 4. The topological polar surface area (TPSA) is 64.0 Å². The van der Waals surface area contributed by atoms with E-state index in [1.54, 1.807) is 28.3 Å². The lowest BCUT2D eigenvalue weighted by molar-refractivity contribution is 0.511. The van der Waals surface area contributed by atoms with Gasteiger partial charge in [0.2, 0.25) is 10.0 Å². The van der Waals surface area contributed by atoms with Crippen molar-refractivity contribution in [3.05, 3.63) is 70.2 Å². The van der Waals surface area contributed by atoms with Gasteiger partial charge in [-0.1, -0.05) is 12.1 Å². The number of hydrogen-bond donors (Lipinski definition) is 1. The molecule has 1 aliphatic rings. The first-order chi connectivity index (χ1) is 12.6. The van der Waals surface area contributed by atoms with Gasteiger partial charge in [-0.3, -0.25) is 4.68 Å². The van der Waals surface area contributed by atoms with E-state index in [0.29, 0.717) is 4.90 Å². The minimum absolute atomic E-state index is 0.155. The Morgan fingerprint density at radius 3 is 2.73 bits per heavy atom. The number of fused-ring (bicyclic) bond motifs is 1. The number of benzene rings is 1. The summed E-state index contributed by atoms with van der Waals surface area (Å²) in [5.41, 5.74) is 2.45. The van der Waals surface area contributed by atoms with Crippen LogP contribution in [0.3, 0.4) is 0 Å². The van der Waals surface area contributed by atoms with E-state index in [4.69, 9.17) is 0 Å². The average molecular weight is 388 g/mol. The fourth-order valence-corrected chi connectivity index (χ4v) is 5.33. The maximum Gasteiger partial charge on any atom is 0.240 e. The van der Waals surface area contributed by atoms with Crippen molar-refractivity contribution in [1.82, 2.24) is 14.5 Å². The Balaban J connectivity index is 1.55. The number of aromatic nitrogens is 2. The van der Waals surface area contributed by atoms with Gasteiger partial charge >= 0.3 is 0 Å². The van der Waals surface area contributed by atoms with Gasteiger partial charge in [0.25, 0.3) is 0 Å². The number of nitrogens with zero attached hydrogens (tertiary/aromatic N) is 2. The Labute approximate surface area is 157 Å². The molecular formula is C19H21N3O2S2. The van der Waals surface area contributed by atoms with Crippen LogP contribution in [0.1, 0.15) is 34.9 Å². The van der Waals surface area contributed by atoms with Crippen molar-refractivity contribution in [1.29, 1.82) is 0 Å². The summed E-state index contributed by atoms with van der Waals surface area (Å²) in [7, 11) is -3.56. The molecule has 0 saturated carbocycles. The highest BCUT2D eigenvalue weighted by molar-refractivity contribution is 7.89. The summed E-state index contributed by atoms with van der Waals surface area (Å²) < 4.78 is 30.2. The van der Waals surface area contributed by atoms with Crippen LogP contribution in [0, 0.1) is 0 Å². The van der Waals surface area contributed by atoms with E-state index in [1.807, 2.05) is 41.9 Å². The first-order valence-electron chi connectivity index (χ1n) is 8.77. The first-order valence-corrected chi connectivity index (χ1v) is 11.1. The van der Waals surface area contributed by atoms with E-state index in [9.17, 15) is 8.42 Å². The molecule has 0 radical (unpaired) electrons. The van der Waals surface area contributed by atoms with Crippen molar-refractivity contribution < 1.29 is 8.42 Å². The average Bonchev–Trinajstić information content (AvgIpc) is 3.36. The molecule has 136 valence electrons. The van der Waals surface area contributed by atoms with Crippen molar-refractivity contribution in [2.45, 2.75) is 36.6 Å². The lowest BCUT2D eigenvalue weighted by Gasteiger charge is -2.19. The van der Waals surface area contributed by atoms with Crippen LogP contribution >= 0.6 is 11.3 Å². The zero-order chi connectivity index (χ0) is 18.0. The quantitative estimate of drug-likeness (QED) is 0.705. The fraction of sp³-hybridized carbons (Fsp3) is 0.316. The lowest BCUT2D eigenvalue weighted by atomic mass is 9.92. The molecule has 1 aliphatic carbocycles. The standard InChI is InChI=1S/C19H21N3O2S2/c23-26(24,17-9-8-15-5-1-2-6-16(15)13-17)21-14-18(19-7-3-12-25-19)22-11-4-10-20-22/h3-4,7-13,18,21H,1-2,5-6,14H2. The molecule has 0 amide bonds. The van der Waals surface area contributed by atoms with Crippen molar-refractivity contribution in [2.75, 3.05) is 6.54 Å². The molecule has 0 fully saturated rings. The SMILES string of the molecule is O=S(=O)(NCC(c1cccs1)n1cccn1)c1ccc2c(c1)CCCC2. The molecule has 5 nitrogen and oxygen atoms in total. The smallest absolute Gasteiger partial charge is 0.240 e. The molecule has 1 aromatic carbocycles. The molecular weight excluding hydrogens is 366 g/mol. The molecule has 3 aromatic rings. The monoisotopic (exact) mass is 387 g/mol. The van der Waals surface area contributed by atoms with Crippen molar-refractivity contribution in [3.8, 4) is 0 Å². The maximum atomic E-state index is 12.8. The van der Waals surface area contributed by atoms with Crippen LogP contribution < -0.4 is 4.72 Å². The van der Waals surface area contributed by atoms with Gasteiger partial charge in [-0.15, -0.1) is 11.3 Å². The van der Waals surface area contributed by atoms with Crippen LogP contribution in [-0.2, 0) is 22.9 Å². The van der Waals surface area contributed by atoms with E-state index >= 15 is 0 Å². The highest BCUT2D eigenvalue weighted by Crippen LogP contribution is 2.25. The maximum absolute atomic E-state index is 12.8. The Hall–Kier alpha value is -1.96. The third-order valence-electron chi connectivity index (χ3n) is 4.81. The summed E-state index contributed by atoms with van der Waals surface area (Å²) in [4.78, 5) is 1.42. The molecule has 2 aromatic heterocycles. The number of aryl methyl sites for hydroxylation is 2. The van der Waals surface area contributed by atoms with Crippen LogP contribution in [0.15, 0.2) is 59.1 Å². The molecule has 0 bridgehead atoms. The van der Waals surface area contributed by atoms with E-state index in [1.165, 1.54) is 17.5 Å². The summed E-state index contributed by atoms with van der Waals surface area (Å²) >= 11 is 1.60. The van der Waals surface area contributed by atoms with Gasteiger partial charge in [0.05, 0.1) is 10.9 Å². The second-order valence-corrected chi connectivity index (χ2v) is 9.25. The predicted octanol–water partition coefficient (Wildman–Crippen LogP) is 3.39. The highest BCUT2D eigenvalue weighted by Gasteiger charge is 2.21. The fourth-order valence-electron chi connectivity index (χ4n) is 3.42. The molecule has 1 atom stereocenters. The van der Waals surface area contributed by atoms with E-state index < -0.39 is 10.0 Å². The zero-order valence-corrected chi connectivity index (χ0v) is 16.0. The second kappa shape index (κ2) is 7.34. The molecule has 26 heavy (non-hydrogen) atoms. The number of thiophene rings is 1. The summed E-state index contributed by atoms with van der Waals surface area (Å²) in [5.74, 6) is 0. The van der Waals surface area contributed by atoms with Crippen LogP contribution in [0.4, 0.5) is 0 Å². The van der Waals surface area contributed by atoms with E-state index in [0.717, 1.165) is 24.1 Å².